The molecular weight excluding hydrogens is 348 g/mol. The normalized spacial score (nSPS) is 10.8. The lowest BCUT2D eigenvalue weighted by molar-refractivity contribution is -0.387. The number of hydrogen-bond donors (Lipinski definition) is 0. The molecule has 0 atom stereocenters. The summed E-state index contributed by atoms with van der Waals surface area (Å²) in [7, 11) is 1.70. The molecular formula is C15H12N4O3S2. The predicted octanol–water partition coefficient (Wildman–Crippen LogP) is 3.48. The third-order valence-electron chi connectivity index (χ3n) is 3.24. The van der Waals surface area contributed by atoms with Crippen LogP contribution in [0.1, 0.15) is 21.9 Å². The first-order valence-electron chi connectivity index (χ1n) is 6.86. The van der Waals surface area contributed by atoms with Crippen molar-refractivity contribution >= 4 is 34.6 Å². The number of ketones is 1. The molecule has 0 saturated carbocycles. The highest BCUT2D eigenvalue weighted by Crippen LogP contribution is 2.37. The fraction of sp³-hybridized carbons (Fsp3) is 0.133. The molecule has 0 fully saturated rings. The van der Waals surface area contributed by atoms with Gasteiger partial charge in [0.25, 0.3) is 5.69 Å². The summed E-state index contributed by atoms with van der Waals surface area (Å²) >= 11 is 2.64. The van der Waals surface area contributed by atoms with E-state index in [2.05, 4.69) is 9.97 Å². The lowest BCUT2D eigenvalue weighted by Gasteiger charge is -2.04. The number of carbonyl (C=O) groups excluding carboxylic acids is 1. The summed E-state index contributed by atoms with van der Waals surface area (Å²) in [5, 5.41) is 13.3. The van der Waals surface area contributed by atoms with E-state index in [0.29, 0.717) is 4.90 Å². The van der Waals surface area contributed by atoms with E-state index in [1.807, 2.05) is 12.3 Å². The maximum absolute atomic E-state index is 12.5. The Morgan fingerprint density at radius 1 is 1.42 bits per heavy atom. The van der Waals surface area contributed by atoms with Crippen LogP contribution >= 0.6 is 23.1 Å². The highest BCUT2D eigenvalue weighted by molar-refractivity contribution is 8.01. The highest BCUT2D eigenvalue weighted by atomic mass is 32.2. The van der Waals surface area contributed by atoms with Crippen LogP contribution in [0.3, 0.4) is 0 Å². The van der Waals surface area contributed by atoms with Crippen LogP contribution in [0.25, 0.3) is 0 Å². The van der Waals surface area contributed by atoms with Crippen molar-refractivity contribution in [3.8, 4) is 0 Å². The van der Waals surface area contributed by atoms with Crippen LogP contribution in [0, 0.1) is 17.0 Å². The van der Waals surface area contributed by atoms with Crippen LogP contribution in [0.15, 0.2) is 45.2 Å². The topological polar surface area (TPSA) is 90.9 Å². The Labute approximate surface area is 145 Å². The molecule has 1 aromatic carbocycles. The maximum Gasteiger partial charge on any atom is 0.284 e. The minimum Gasteiger partial charge on any atom is -0.331 e. The summed E-state index contributed by atoms with van der Waals surface area (Å²) in [4.78, 5) is 32.1. The van der Waals surface area contributed by atoms with E-state index < -0.39 is 4.92 Å². The molecule has 0 radical (unpaired) electrons. The van der Waals surface area contributed by atoms with E-state index in [1.165, 1.54) is 35.4 Å². The largest absolute Gasteiger partial charge is 0.331 e. The van der Waals surface area contributed by atoms with Crippen molar-refractivity contribution in [1.29, 1.82) is 0 Å². The minimum atomic E-state index is -0.488. The number of nitro groups is 1. The van der Waals surface area contributed by atoms with Gasteiger partial charge in [-0.3, -0.25) is 14.9 Å². The summed E-state index contributed by atoms with van der Waals surface area (Å²) in [5.74, 6) is -0.118. The van der Waals surface area contributed by atoms with Gasteiger partial charge in [0.05, 0.1) is 9.82 Å². The summed E-state index contributed by atoms with van der Waals surface area (Å²) < 4.78 is 2.30. The number of carbonyl (C=O) groups is 1. The SMILES string of the molecule is Cc1csc(Sc2ccc(C(=O)c3nccn3C)cc2[N+](=O)[O-])n1. The summed E-state index contributed by atoms with van der Waals surface area (Å²) in [6.45, 7) is 1.86. The fourth-order valence-corrected chi connectivity index (χ4v) is 3.95. The van der Waals surface area contributed by atoms with Crippen molar-refractivity contribution in [2.75, 3.05) is 0 Å². The molecule has 0 aliphatic carbocycles. The van der Waals surface area contributed by atoms with E-state index >= 15 is 0 Å². The molecule has 0 N–H and O–H groups in total. The average Bonchev–Trinajstić information content (AvgIpc) is 3.15. The van der Waals surface area contributed by atoms with Crippen LogP contribution in [-0.4, -0.2) is 25.2 Å². The molecule has 9 heteroatoms. The molecule has 0 unspecified atom stereocenters. The maximum atomic E-state index is 12.5. The van der Waals surface area contributed by atoms with Gasteiger partial charge in [0.2, 0.25) is 5.78 Å². The lowest BCUT2D eigenvalue weighted by Crippen LogP contribution is -2.09. The number of thiazole rings is 1. The molecule has 122 valence electrons. The average molecular weight is 360 g/mol. The Morgan fingerprint density at radius 2 is 2.21 bits per heavy atom. The second kappa shape index (κ2) is 6.54. The first-order chi connectivity index (χ1) is 11.5. The van der Waals surface area contributed by atoms with Gasteiger partial charge in [0.1, 0.15) is 0 Å². The zero-order chi connectivity index (χ0) is 17.3. The van der Waals surface area contributed by atoms with Crippen LogP contribution < -0.4 is 0 Å². The Morgan fingerprint density at radius 3 is 2.79 bits per heavy atom. The van der Waals surface area contributed by atoms with Crippen LogP contribution in [0.4, 0.5) is 5.69 Å². The molecule has 24 heavy (non-hydrogen) atoms. The van der Waals surface area contributed by atoms with Gasteiger partial charge >= 0.3 is 0 Å². The number of rotatable bonds is 5. The molecule has 2 heterocycles. The number of aromatic nitrogens is 3. The smallest absolute Gasteiger partial charge is 0.284 e. The standard InChI is InChI=1S/C15H12N4O3S2/c1-9-8-23-15(17-9)24-12-4-3-10(7-11(12)19(21)22)13(20)14-16-5-6-18(14)2/h3-8H,1-2H3. The van der Waals surface area contributed by atoms with Gasteiger partial charge in [-0.15, -0.1) is 11.3 Å². The van der Waals surface area contributed by atoms with Gasteiger partial charge in [-0.1, -0.05) is 11.8 Å². The van der Waals surface area contributed by atoms with E-state index in [0.717, 1.165) is 10.0 Å². The molecule has 0 aliphatic rings. The summed E-state index contributed by atoms with van der Waals surface area (Å²) in [6.07, 6.45) is 3.16. The highest BCUT2D eigenvalue weighted by Gasteiger charge is 2.21. The van der Waals surface area contributed by atoms with E-state index in [-0.39, 0.29) is 22.9 Å². The van der Waals surface area contributed by atoms with E-state index in [4.69, 9.17) is 0 Å². The molecule has 3 aromatic rings. The third kappa shape index (κ3) is 3.22. The zero-order valence-corrected chi connectivity index (χ0v) is 14.4. The molecule has 2 aromatic heterocycles. The second-order valence-electron chi connectivity index (χ2n) is 4.99. The molecule has 7 nitrogen and oxygen atoms in total. The van der Waals surface area contributed by atoms with Crippen molar-refractivity contribution < 1.29 is 9.72 Å². The Balaban J connectivity index is 1.97. The van der Waals surface area contributed by atoms with Crippen molar-refractivity contribution in [3.05, 3.63) is 63.2 Å². The zero-order valence-electron chi connectivity index (χ0n) is 12.8. The lowest BCUT2D eigenvalue weighted by atomic mass is 10.1. The molecule has 3 rings (SSSR count). The van der Waals surface area contributed by atoms with Crippen LogP contribution in [0.2, 0.25) is 0 Å². The first-order valence-corrected chi connectivity index (χ1v) is 8.56. The van der Waals surface area contributed by atoms with Gasteiger partial charge < -0.3 is 4.57 Å². The van der Waals surface area contributed by atoms with Crippen molar-refractivity contribution in [2.45, 2.75) is 16.2 Å². The van der Waals surface area contributed by atoms with Crippen molar-refractivity contribution in [2.24, 2.45) is 7.05 Å². The molecule has 0 bridgehead atoms. The number of nitro benzene ring substituents is 1. The van der Waals surface area contributed by atoms with Crippen molar-refractivity contribution in [3.63, 3.8) is 0 Å². The Hall–Kier alpha value is -2.52. The number of benzene rings is 1. The van der Waals surface area contributed by atoms with Gasteiger partial charge in [0.15, 0.2) is 10.2 Å². The second-order valence-corrected chi connectivity index (χ2v) is 7.13. The van der Waals surface area contributed by atoms with Crippen LogP contribution in [-0.2, 0) is 7.05 Å². The molecule has 0 aliphatic heterocycles. The molecule has 0 spiro atoms. The third-order valence-corrected chi connectivity index (χ3v) is 5.36. The van der Waals surface area contributed by atoms with Gasteiger partial charge in [-0.25, -0.2) is 9.97 Å². The number of nitrogens with zero attached hydrogens (tertiary/aromatic N) is 4. The number of imidazole rings is 1. The minimum absolute atomic E-state index is 0.118. The van der Waals surface area contributed by atoms with Crippen LogP contribution in [0.5, 0.6) is 0 Å². The monoisotopic (exact) mass is 360 g/mol. The van der Waals surface area contributed by atoms with E-state index in [9.17, 15) is 14.9 Å². The molecule has 0 amide bonds. The number of hydrogen-bond acceptors (Lipinski definition) is 7. The quantitative estimate of drug-likeness (QED) is 0.393. The van der Waals surface area contributed by atoms with Gasteiger partial charge in [0, 0.05) is 42.1 Å². The van der Waals surface area contributed by atoms with Crippen molar-refractivity contribution in [1.82, 2.24) is 14.5 Å². The molecule has 0 saturated heterocycles. The Bertz CT molecular complexity index is 932. The first kappa shape index (κ1) is 16.3. The van der Waals surface area contributed by atoms with Gasteiger partial charge in [-0.05, 0) is 19.1 Å². The van der Waals surface area contributed by atoms with Gasteiger partial charge in [-0.2, -0.15) is 0 Å². The summed E-state index contributed by atoms with van der Waals surface area (Å²) in [5.41, 5.74) is 0.982. The summed E-state index contributed by atoms with van der Waals surface area (Å²) in [6, 6.07) is 4.45. The number of aryl methyl sites for hydroxylation is 2. The van der Waals surface area contributed by atoms with E-state index in [1.54, 1.807) is 29.9 Å². The Kier molecular flexibility index (Phi) is 4.45. The predicted molar refractivity (Wildman–Crippen MR) is 90.7 cm³/mol. The fourth-order valence-electron chi connectivity index (χ4n) is 2.07.